The van der Waals surface area contributed by atoms with Gasteiger partial charge in [-0.25, -0.2) is 19.3 Å². The quantitative estimate of drug-likeness (QED) is 0.142. The van der Waals surface area contributed by atoms with Gasteiger partial charge in [-0.1, -0.05) is 12.1 Å². The maximum atomic E-state index is 13.3. The fourth-order valence-corrected chi connectivity index (χ4v) is 5.26. The van der Waals surface area contributed by atoms with Gasteiger partial charge in [-0.05, 0) is 56.7 Å². The van der Waals surface area contributed by atoms with E-state index in [-0.39, 0.29) is 25.1 Å². The van der Waals surface area contributed by atoms with Crippen LogP contribution in [0.5, 0.6) is 0 Å². The summed E-state index contributed by atoms with van der Waals surface area (Å²) in [5, 5.41) is 22.8. The molecule has 0 atom stereocenters. The van der Waals surface area contributed by atoms with Crippen LogP contribution in [0.25, 0.3) is 16.9 Å². The zero-order valence-corrected chi connectivity index (χ0v) is 25.7. The number of carboxylic acids is 1. The first-order valence-electron chi connectivity index (χ1n) is 15.1. The zero-order valence-electron chi connectivity index (χ0n) is 25.7. The summed E-state index contributed by atoms with van der Waals surface area (Å²) in [5.41, 5.74) is 1.36. The summed E-state index contributed by atoms with van der Waals surface area (Å²) in [6.07, 6.45) is 4.07. The number of rotatable bonds is 14. The Kier molecular flexibility index (Phi) is 9.91. The van der Waals surface area contributed by atoms with Crippen LogP contribution in [-0.2, 0) is 21.7 Å². The molecule has 1 aromatic carbocycles. The van der Waals surface area contributed by atoms with E-state index in [4.69, 9.17) is 14.8 Å². The summed E-state index contributed by atoms with van der Waals surface area (Å²) in [5.74, 6) is -0.0587. The van der Waals surface area contributed by atoms with Crippen LogP contribution in [0.3, 0.4) is 0 Å². The topological polar surface area (TPSA) is 151 Å². The fraction of sp³-hybridized carbons (Fsp3) is 0.406. The molecule has 5 rings (SSSR count). The molecule has 0 unspecified atom stereocenters. The molecule has 4 heterocycles. The maximum absolute atomic E-state index is 13.3. The summed E-state index contributed by atoms with van der Waals surface area (Å²) in [6, 6.07) is 13.4. The Hall–Kier alpha value is -4.59. The van der Waals surface area contributed by atoms with Crippen molar-refractivity contribution in [3.63, 3.8) is 0 Å². The molecule has 0 radical (unpaired) electrons. The minimum Gasteiger partial charge on any atom is -0.481 e. The Morgan fingerprint density at radius 1 is 1.09 bits per heavy atom. The third-order valence-electron chi connectivity index (χ3n) is 7.64. The predicted molar refractivity (Wildman–Crippen MR) is 172 cm³/mol. The van der Waals surface area contributed by atoms with Gasteiger partial charge in [0, 0.05) is 56.9 Å². The standard InChI is InChI=1S/C32H40N8O5/c1-4-14-39-30(43)25-22-33-31(36-29(25)40(39)27-8-5-7-26(35-27)32(2,3)44)34-23-9-11-24(12-10-23)38-18-16-37(17-19-38)15-6-20-45-21-13-28(41)42/h4-5,7-12,22,44H,1,6,13-21H2,2-3H3,(H,41,42)(H,33,34,36). The molecule has 4 aromatic rings. The number of benzene rings is 1. The Bertz CT molecular complexity index is 1680. The average molecular weight is 617 g/mol. The van der Waals surface area contributed by atoms with Crippen LogP contribution >= 0.6 is 0 Å². The highest BCUT2D eigenvalue weighted by atomic mass is 16.5. The maximum Gasteiger partial charge on any atom is 0.305 e. The van der Waals surface area contributed by atoms with E-state index < -0.39 is 11.6 Å². The Balaban J connectivity index is 1.25. The monoisotopic (exact) mass is 616 g/mol. The number of anilines is 3. The molecule has 0 saturated carbocycles. The average Bonchev–Trinajstić information content (AvgIpc) is 3.29. The number of pyridine rings is 1. The van der Waals surface area contributed by atoms with Crippen LogP contribution in [0.4, 0.5) is 17.3 Å². The Morgan fingerprint density at radius 3 is 2.53 bits per heavy atom. The van der Waals surface area contributed by atoms with Gasteiger partial charge in [-0.3, -0.25) is 14.5 Å². The number of aliphatic carboxylic acids is 1. The molecule has 1 saturated heterocycles. The molecular formula is C32H40N8O5. The number of carbonyl (C=O) groups is 1. The number of piperazine rings is 1. The number of nitrogens with one attached hydrogen (secondary N) is 1. The van der Waals surface area contributed by atoms with Crippen molar-refractivity contribution >= 4 is 34.3 Å². The molecule has 3 aromatic heterocycles. The lowest BCUT2D eigenvalue weighted by molar-refractivity contribution is -0.138. The van der Waals surface area contributed by atoms with Gasteiger partial charge in [0.25, 0.3) is 5.56 Å². The summed E-state index contributed by atoms with van der Waals surface area (Å²) < 4.78 is 8.53. The highest BCUT2D eigenvalue weighted by molar-refractivity contribution is 5.77. The smallest absolute Gasteiger partial charge is 0.305 e. The molecule has 45 heavy (non-hydrogen) atoms. The highest BCUT2D eigenvalue weighted by Gasteiger charge is 2.22. The van der Waals surface area contributed by atoms with Crippen molar-refractivity contribution in [2.24, 2.45) is 0 Å². The summed E-state index contributed by atoms with van der Waals surface area (Å²) in [6.45, 7) is 12.8. The molecule has 1 aliphatic heterocycles. The minimum atomic E-state index is -1.16. The number of nitrogens with zero attached hydrogens (tertiary/aromatic N) is 7. The molecular weight excluding hydrogens is 576 g/mol. The van der Waals surface area contributed by atoms with Gasteiger partial charge in [0.1, 0.15) is 11.0 Å². The van der Waals surface area contributed by atoms with Gasteiger partial charge in [0.15, 0.2) is 11.5 Å². The molecule has 0 amide bonds. The molecule has 13 heteroatoms. The lowest BCUT2D eigenvalue weighted by Crippen LogP contribution is -2.46. The van der Waals surface area contributed by atoms with Gasteiger partial charge in [0.05, 0.1) is 25.3 Å². The Labute approximate surface area is 261 Å². The van der Waals surface area contributed by atoms with Crippen LogP contribution < -0.4 is 15.8 Å². The van der Waals surface area contributed by atoms with Crippen molar-refractivity contribution in [3.05, 3.63) is 77.4 Å². The van der Waals surface area contributed by atoms with E-state index in [2.05, 4.69) is 43.8 Å². The van der Waals surface area contributed by atoms with Gasteiger partial charge in [-0.2, -0.15) is 4.98 Å². The van der Waals surface area contributed by atoms with Gasteiger partial charge < -0.3 is 25.2 Å². The van der Waals surface area contributed by atoms with Gasteiger partial charge in [0.2, 0.25) is 5.95 Å². The number of hydrogen-bond donors (Lipinski definition) is 3. The summed E-state index contributed by atoms with van der Waals surface area (Å²) in [7, 11) is 0. The van der Waals surface area contributed by atoms with Crippen molar-refractivity contribution in [2.45, 2.75) is 38.8 Å². The van der Waals surface area contributed by atoms with E-state index in [1.807, 2.05) is 12.1 Å². The first kappa shape index (κ1) is 31.8. The molecule has 0 spiro atoms. The van der Waals surface area contributed by atoms with Crippen molar-refractivity contribution in [2.75, 3.05) is 56.2 Å². The van der Waals surface area contributed by atoms with Crippen LogP contribution in [-0.4, -0.2) is 91.3 Å². The number of allylic oxidation sites excluding steroid dienone is 1. The van der Waals surface area contributed by atoms with Gasteiger partial charge in [-0.15, -0.1) is 6.58 Å². The largest absolute Gasteiger partial charge is 0.481 e. The molecule has 1 aliphatic rings. The van der Waals surface area contributed by atoms with E-state index in [0.29, 0.717) is 35.1 Å². The zero-order chi connectivity index (χ0) is 32.0. The lowest BCUT2D eigenvalue weighted by Gasteiger charge is -2.36. The van der Waals surface area contributed by atoms with Crippen LogP contribution in [0.1, 0.15) is 32.4 Å². The normalized spacial score (nSPS) is 14.2. The fourth-order valence-electron chi connectivity index (χ4n) is 5.26. The summed E-state index contributed by atoms with van der Waals surface area (Å²) in [4.78, 5) is 42.3. The third-order valence-corrected chi connectivity index (χ3v) is 7.64. The van der Waals surface area contributed by atoms with Crippen LogP contribution in [0, 0.1) is 0 Å². The van der Waals surface area contributed by atoms with E-state index in [1.54, 1.807) is 42.8 Å². The van der Waals surface area contributed by atoms with Crippen LogP contribution in [0.2, 0.25) is 0 Å². The molecule has 238 valence electrons. The Morgan fingerprint density at radius 2 is 1.84 bits per heavy atom. The SMILES string of the molecule is C=CCn1c(=O)c2cnc(Nc3ccc(N4CCN(CCCOCCC(=O)O)CC4)cc3)nc2n1-c1cccc(C(C)(C)O)n1. The summed E-state index contributed by atoms with van der Waals surface area (Å²) >= 11 is 0. The second kappa shape index (κ2) is 14.0. The second-order valence-electron chi connectivity index (χ2n) is 11.5. The number of fused-ring (bicyclic) bond motifs is 1. The first-order valence-corrected chi connectivity index (χ1v) is 15.1. The van der Waals surface area contributed by atoms with E-state index in [0.717, 1.165) is 50.5 Å². The van der Waals surface area contributed by atoms with E-state index >= 15 is 0 Å². The van der Waals surface area contributed by atoms with Crippen molar-refractivity contribution in [1.82, 2.24) is 29.2 Å². The van der Waals surface area contributed by atoms with Crippen LogP contribution in [0.15, 0.2) is 66.1 Å². The number of carboxylic acid groups (broad SMARTS) is 1. The lowest BCUT2D eigenvalue weighted by atomic mass is 10.1. The molecule has 1 fully saturated rings. The predicted octanol–water partition coefficient (Wildman–Crippen LogP) is 3.14. The second-order valence-corrected chi connectivity index (χ2v) is 11.5. The number of ether oxygens (including phenoxy) is 1. The molecule has 0 aliphatic carbocycles. The van der Waals surface area contributed by atoms with Crippen molar-refractivity contribution < 1.29 is 19.7 Å². The number of hydrogen-bond acceptors (Lipinski definition) is 10. The minimum absolute atomic E-state index is 0.0410. The van der Waals surface area contributed by atoms with Crippen molar-refractivity contribution in [1.29, 1.82) is 0 Å². The number of aromatic nitrogens is 5. The van der Waals surface area contributed by atoms with Gasteiger partial charge >= 0.3 is 5.97 Å². The van der Waals surface area contributed by atoms with E-state index in [9.17, 15) is 14.7 Å². The molecule has 13 nitrogen and oxygen atoms in total. The molecule has 3 N–H and O–H groups in total. The molecule has 0 bridgehead atoms. The van der Waals surface area contributed by atoms with Crippen molar-refractivity contribution in [3.8, 4) is 5.82 Å². The van der Waals surface area contributed by atoms with E-state index in [1.165, 1.54) is 10.9 Å². The number of aliphatic hydroxyl groups is 1. The highest BCUT2D eigenvalue weighted by Crippen LogP contribution is 2.24. The third kappa shape index (κ3) is 7.74. The first-order chi connectivity index (χ1) is 21.6.